The van der Waals surface area contributed by atoms with Crippen molar-refractivity contribution in [1.29, 1.82) is 0 Å². The van der Waals surface area contributed by atoms with Gasteiger partial charge in [0.1, 0.15) is 30.1 Å². The van der Waals surface area contributed by atoms with Gasteiger partial charge in [0, 0.05) is 18.7 Å². The van der Waals surface area contributed by atoms with Crippen molar-refractivity contribution in [3.63, 3.8) is 0 Å². The molecule has 0 unspecified atom stereocenters. The van der Waals surface area contributed by atoms with E-state index in [1.54, 1.807) is 45.0 Å². The molecule has 11 nitrogen and oxygen atoms in total. The van der Waals surface area contributed by atoms with Crippen molar-refractivity contribution in [3.8, 4) is 0 Å². The van der Waals surface area contributed by atoms with E-state index < -0.39 is 29.9 Å². The molecule has 1 fully saturated rings. The lowest BCUT2D eigenvalue weighted by atomic mass is 10.0. The first kappa shape index (κ1) is 32.1. The van der Waals surface area contributed by atoms with Gasteiger partial charge in [-0.3, -0.25) is 9.59 Å². The minimum atomic E-state index is -0.816. The van der Waals surface area contributed by atoms with Crippen molar-refractivity contribution < 1.29 is 28.7 Å². The Bertz CT molecular complexity index is 1270. The maximum atomic E-state index is 13.4. The number of hydrogen-bond acceptors (Lipinski definition) is 6. The van der Waals surface area contributed by atoms with E-state index in [1.165, 1.54) is 4.90 Å². The number of carbonyl (C=O) groups excluding carboxylic acids is 4. The van der Waals surface area contributed by atoms with Crippen molar-refractivity contribution in [2.24, 2.45) is 16.6 Å². The zero-order chi connectivity index (χ0) is 30.9. The van der Waals surface area contributed by atoms with Crippen LogP contribution in [-0.2, 0) is 32.2 Å². The van der Waals surface area contributed by atoms with Gasteiger partial charge in [0.2, 0.25) is 11.8 Å². The Hall–Kier alpha value is -4.41. The van der Waals surface area contributed by atoms with Crippen LogP contribution in [0, 0.1) is 5.92 Å². The molecule has 2 atom stereocenters. The molecule has 0 aromatic heterocycles. The number of hydrogen-bond donors (Lipinski definition) is 3. The minimum absolute atomic E-state index is 0.0171. The molecule has 4 amide bonds. The first-order chi connectivity index (χ1) is 19.8. The largest absolute Gasteiger partial charge is 0.444 e. The molecule has 0 radical (unpaired) electrons. The normalized spacial score (nSPS) is 16.1. The van der Waals surface area contributed by atoms with Crippen LogP contribution in [0.25, 0.3) is 0 Å². The molecule has 1 heterocycles. The van der Waals surface area contributed by atoms with Crippen LogP contribution in [0.4, 0.5) is 9.59 Å². The first-order valence-corrected chi connectivity index (χ1v) is 14.1. The second kappa shape index (κ2) is 14.5. The number of amidine groups is 1. The Morgan fingerprint density at radius 1 is 1.02 bits per heavy atom. The first-order valence-electron chi connectivity index (χ1n) is 14.1. The van der Waals surface area contributed by atoms with Crippen LogP contribution in [0.3, 0.4) is 0 Å². The molecule has 42 heavy (non-hydrogen) atoms. The Morgan fingerprint density at radius 2 is 1.69 bits per heavy atom. The number of carbonyl (C=O) groups is 4. The van der Waals surface area contributed by atoms with E-state index in [1.807, 2.05) is 44.2 Å². The molecule has 0 saturated carbocycles. The van der Waals surface area contributed by atoms with Crippen molar-refractivity contribution in [2.45, 2.75) is 78.3 Å². The van der Waals surface area contributed by atoms with E-state index >= 15 is 0 Å². The number of aliphatic imine (C=N–C) groups is 1. The van der Waals surface area contributed by atoms with Gasteiger partial charge in [-0.25, -0.2) is 9.59 Å². The summed E-state index contributed by atoms with van der Waals surface area (Å²) in [6.45, 7) is 9.67. The average Bonchev–Trinajstić information content (AvgIpc) is 3.43. The number of likely N-dealkylation sites (tertiary alicyclic amines) is 1. The Balaban J connectivity index is 1.54. The molecule has 1 aliphatic rings. The summed E-state index contributed by atoms with van der Waals surface area (Å²) in [6, 6.07) is 14.7. The van der Waals surface area contributed by atoms with Gasteiger partial charge < -0.3 is 30.7 Å². The SMILES string of the molecule is CC(C)[C@@H](NC(=O)OC(C)(C)C)C(=O)N1CCC[C@H]1C(=O)NCc1ccc(/C(N)=N/C(=O)OCc2ccccc2)cc1. The van der Waals surface area contributed by atoms with E-state index in [0.29, 0.717) is 24.9 Å². The Labute approximate surface area is 246 Å². The van der Waals surface area contributed by atoms with E-state index in [0.717, 1.165) is 11.1 Å². The number of nitrogens with one attached hydrogen (secondary N) is 2. The van der Waals surface area contributed by atoms with Gasteiger partial charge in [0.15, 0.2) is 0 Å². The van der Waals surface area contributed by atoms with Gasteiger partial charge in [0.05, 0.1) is 0 Å². The molecule has 0 bridgehead atoms. The van der Waals surface area contributed by atoms with Crippen molar-refractivity contribution in [2.75, 3.05) is 6.54 Å². The Kier molecular flexibility index (Phi) is 11.1. The topological polar surface area (TPSA) is 152 Å². The number of amides is 4. The minimum Gasteiger partial charge on any atom is -0.444 e. The highest BCUT2D eigenvalue weighted by molar-refractivity contribution is 6.02. The number of nitrogens with two attached hydrogens (primary N) is 1. The fraction of sp³-hybridized carbons (Fsp3) is 0.452. The molecule has 2 aromatic carbocycles. The molecule has 1 aliphatic heterocycles. The second-order valence-electron chi connectivity index (χ2n) is 11.5. The summed E-state index contributed by atoms with van der Waals surface area (Å²) in [7, 11) is 0. The number of rotatable bonds is 9. The molecule has 0 aliphatic carbocycles. The predicted octanol–water partition coefficient (Wildman–Crippen LogP) is 3.89. The molecular weight excluding hydrogens is 538 g/mol. The molecular formula is C31H41N5O6. The fourth-order valence-corrected chi connectivity index (χ4v) is 4.44. The van der Waals surface area contributed by atoms with E-state index in [4.69, 9.17) is 15.2 Å². The summed E-state index contributed by atoms with van der Waals surface area (Å²) in [5, 5.41) is 5.57. The number of nitrogens with zero attached hydrogens (tertiary/aromatic N) is 2. The van der Waals surface area contributed by atoms with Crippen LogP contribution in [0.1, 0.15) is 64.2 Å². The van der Waals surface area contributed by atoms with Crippen LogP contribution in [0.15, 0.2) is 59.6 Å². The average molecular weight is 580 g/mol. The predicted molar refractivity (Wildman–Crippen MR) is 158 cm³/mol. The number of alkyl carbamates (subject to hydrolysis) is 1. The smallest absolute Gasteiger partial charge is 0.435 e. The summed E-state index contributed by atoms with van der Waals surface area (Å²) >= 11 is 0. The van der Waals surface area contributed by atoms with Crippen LogP contribution in [0.5, 0.6) is 0 Å². The zero-order valence-electron chi connectivity index (χ0n) is 24.9. The molecule has 11 heteroatoms. The molecule has 2 aromatic rings. The van der Waals surface area contributed by atoms with Gasteiger partial charge in [-0.1, -0.05) is 68.4 Å². The number of benzene rings is 2. The van der Waals surface area contributed by atoms with Crippen molar-refractivity contribution in [1.82, 2.24) is 15.5 Å². The highest BCUT2D eigenvalue weighted by Gasteiger charge is 2.39. The highest BCUT2D eigenvalue weighted by atomic mass is 16.6. The van der Waals surface area contributed by atoms with Gasteiger partial charge in [-0.05, 0) is 50.7 Å². The summed E-state index contributed by atoms with van der Waals surface area (Å²) in [6.07, 6.45) is -0.249. The van der Waals surface area contributed by atoms with Crippen molar-refractivity contribution in [3.05, 3.63) is 71.3 Å². The quantitative estimate of drug-likeness (QED) is 0.301. The third kappa shape index (κ3) is 9.60. The Morgan fingerprint density at radius 3 is 2.31 bits per heavy atom. The lowest BCUT2D eigenvalue weighted by Gasteiger charge is -2.31. The highest BCUT2D eigenvalue weighted by Crippen LogP contribution is 2.21. The third-order valence-corrected chi connectivity index (χ3v) is 6.58. The molecule has 226 valence electrons. The van der Waals surface area contributed by atoms with Crippen LogP contribution in [-0.4, -0.2) is 59.0 Å². The second-order valence-corrected chi connectivity index (χ2v) is 11.5. The summed E-state index contributed by atoms with van der Waals surface area (Å²) in [5.74, 6) is -0.764. The van der Waals surface area contributed by atoms with Crippen LogP contribution in [0.2, 0.25) is 0 Å². The monoisotopic (exact) mass is 579 g/mol. The molecule has 0 spiro atoms. The lowest BCUT2D eigenvalue weighted by molar-refractivity contribution is -0.140. The van der Waals surface area contributed by atoms with Gasteiger partial charge in [-0.2, -0.15) is 4.99 Å². The maximum absolute atomic E-state index is 13.4. The maximum Gasteiger partial charge on any atom is 0.435 e. The van der Waals surface area contributed by atoms with Crippen LogP contribution >= 0.6 is 0 Å². The zero-order valence-corrected chi connectivity index (χ0v) is 24.9. The summed E-state index contributed by atoms with van der Waals surface area (Å²) in [4.78, 5) is 56.2. The summed E-state index contributed by atoms with van der Waals surface area (Å²) in [5.41, 5.74) is 7.45. The standard InChI is InChI=1S/C31H41N5O6/c1-20(2)25(34-30(40)42-31(3,4)5)28(38)36-17-9-12-24(36)27(37)33-18-21-13-15-23(16-14-21)26(32)35-29(39)41-19-22-10-7-6-8-11-22/h6-8,10-11,13-16,20,24-25H,9,12,17-19H2,1-5H3,(H,33,37)(H,34,40)(H2,32,35,39)/t24-,25+/m0/s1. The summed E-state index contributed by atoms with van der Waals surface area (Å²) < 4.78 is 10.5. The lowest BCUT2D eigenvalue weighted by Crippen LogP contribution is -2.55. The molecule has 3 rings (SSSR count). The number of ether oxygens (including phenoxy) is 2. The van der Waals surface area contributed by atoms with Gasteiger partial charge in [-0.15, -0.1) is 0 Å². The van der Waals surface area contributed by atoms with E-state index in [-0.39, 0.29) is 36.7 Å². The third-order valence-electron chi connectivity index (χ3n) is 6.58. The molecule has 1 saturated heterocycles. The fourth-order valence-electron chi connectivity index (χ4n) is 4.44. The van der Waals surface area contributed by atoms with E-state index in [9.17, 15) is 19.2 Å². The van der Waals surface area contributed by atoms with Gasteiger partial charge >= 0.3 is 12.2 Å². The molecule has 4 N–H and O–H groups in total. The van der Waals surface area contributed by atoms with Crippen LogP contribution < -0.4 is 16.4 Å². The van der Waals surface area contributed by atoms with E-state index in [2.05, 4.69) is 15.6 Å². The van der Waals surface area contributed by atoms with Gasteiger partial charge in [0.25, 0.3) is 0 Å². The van der Waals surface area contributed by atoms with Crippen molar-refractivity contribution >= 4 is 29.8 Å².